The number of aromatic amines is 1. The largest absolute Gasteiger partial charge is 0.370 e. The highest BCUT2D eigenvalue weighted by molar-refractivity contribution is 9.10. The molecule has 1 aromatic heterocycles. The number of amides is 2. The van der Waals surface area contributed by atoms with Gasteiger partial charge in [0.1, 0.15) is 6.54 Å². The van der Waals surface area contributed by atoms with Gasteiger partial charge in [-0.3, -0.25) is 23.9 Å². The van der Waals surface area contributed by atoms with Gasteiger partial charge in [-0.2, -0.15) is 0 Å². The number of carbonyl (C=O) groups excluding carboxylic acids is 2. The molecule has 1 aromatic rings. The van der Waals surface area contributed by atoms with E-state index in [1.165, 1.54) is 6.20 Å². The van der Waals surface area contributed by atoms with Crippen LogP contribution in [0.2, 0.25) is 0 Å². The second kappa shape index (κ2) is 6.88. The Morgan fingerprint density at radius 2 is 2.11 bits per heavy atom. The number of aromatic nitrogens is 2. The Morgan fingerprint density at radius 1 is 1.42 bits per heavy atom. The van der Waals surface area contributed by atoms with E-state index in [4.69, 9.17) is 5.73 Å². The highest BCUT2D eigenvalue weighted by atomic mass is 79.9. The minimum atomic E-state index is -0.666. The first-order valence-electron chi connectivity index (χ1n) is 5.44. The molecule has 0 spiro atoms. The molecule has 0 radical (unpaired) electrons. The number of hydrogen-bond donors (Lipinski definition) is 3. The lowest BCUT2D eigenvalue weighted by molar-refractivity contribution is -0.122. The molecule has 0 bridgehead atoms. The van der Waals surface area contributed by atoms with Gasteiger partial charge < -0.3 is 11.1 Å². The first kappa shape index (κ1) is 15.2. The van der Waals surface area contributed by atoms with Crippen LogP contribution in [0.25, 0.3) is 0 Å². The number of nitrogens with one attached hydrogen (secondary N) is 2. The van der Waals surface area contributed by atoms with Gasteiger partial charge in [-0.1, -0.05) is 0 Å². The maximum absolute atomic E-state index is 11.5. The Kier molecular flexibility index (Phi) is 5.49. The van der Waals surface area contributed by atoms with Crippen molar-refractivity contribution >= 4 is 27.7 Å². The molecule has 2 amide bonds. The molecule has 19 heavy (non-hydrogen) atoms. The lowest BCUT2D eigenvalue weighted by Crippen LogP contribution is -2.36. The number of hydrogen-bond acceptors (Lipinski definition) is 4. The molecule has 1 rings (SSSR count). The van der Waals surface area contributed by atoms with E-state index in [1.807, 2.05) is 0 Å². The van der Waals surface area contributed by atoms with Crippen molar-refractivity contribution in [2.24, 2.45) is 5.73 Å². The van der Waals surface area contributed by atoms with E-state index >= 15 is 0 Å². The molecule has 0 atom stereocenters. The smallest absolute Gasteiger partial charge is 0.328 e. The summed E-state index contributed by atoms with van der Waals surface area (Å²) in [6.45, 7) is 0.0752. The standard InChI is InChI=1S/C10H13BrN4O4/c11-6-4-15(10(19)14-9(6)18)5-8(17)13-3-1-2-7(12)16/h4H,1-3,5H2,(H2,12,16)(H,13,17)(H,14,18,19). The third-order valence-electron chi connectivity index (χ3n) is 2.20. The van der Waals surface area contributed by atoms with Gasteiger partial charge in [0, 0.05) is 19.2 Å². The monoisotopic (exact) mass is 332 g/mol. The summed E-state index contributed by atoms with van der Waals surface area (Å²) in [5.74, 6) is -0.833. The number of carbonyl (C=O) groups is 2. The zero-order valence-corrected chi connectivity index (χ0v) is 11.5. The molecule has 0 unspecified atom stereocenters. The number of rotatable bonds is 6. The van der Waals surface area contributed by atoms with Crippen LogP contribution >= 0.6 is 15.9 Å². The molecule has 0 fully saturated rings. The summed E-state index contributed by atoms with van der Waals surface area (Å²) >= 11 is 2.96. The van der Waals surface area contributed by atoms with E-state index in [1.54, 1.807) is 0 Å². The first-order valence-corrected chi connectivity index (χ1v) is 6.23. The molecule has 4 N–H and O–H groups in total. The van der Waals surface area contributed by atoms with Crippen LogP contribution in [0.3, 0.4) is 0 Å². The maximum atomic E-state index is 11.5. The van der Waals surface area contributed by atoms with Crippen LogP contribution in [0.15, 0.2) is 20.3 Å². The van der Waals surface area contributed by atoms with Crippen LogP contribution in [-0.4, -0.2) is 27.9 Å². The Morgan fingerprint density at radius 3 is 2.74 bits per heavy atom. The molecule has 0 saturated heterocycles. The molecule has 0 aliphatic rings. The van der Waals surface area contributed by atoms with Gasteiger partial charge >= 0.3 is 5.69 Å². The Hall–Kier alpha value is -1.90. The fourth-order valence-corrected chi connectivity index (χ4v) is 1.65. The van der Waals surface area contributed by atoms with E-state index in [0.717, 1.165) is 4.57 Å². The quantitative estimate of drug-likeness (QED) is 0.558. The summed E-state index contributed by atoms with van der Waals surface area (Å²) in [4.78, 5) is 46.5. The molecule has 8 nitrogen and oxygen atoms in total. The van der Waals surface area contributed by atoms with Gasteiger partial charge in [0.15, 0.2) is 0 Å². The number of nitrogens with zero attached hydrogens (tertiary/aromatic N) is 1. The molecule has 0 saturated carbocycles. The van der Waals surface area contributed by atoms with Crippen molar-refractivity contribution in [3.8, 4) is 0 Å². The fraction of sp³-hybridized carbons (Fsp3) is 0.400. The molecular weight excluding hydrogens is 320 g/mol. The average molecular weight is 333 g/mol. The highest BCUT2D eigenvalue weighted by Gasteiger charge is 2.06. The van der Waals surface area contributed by atoms with Crippen molar-refractivity contribution in [1.82, 2.24) is 14.9 Å². The van der Waals surface area contributed by atoms with Crippen molar-refractivity contribution < 1.29 is 9.59 Å². The molecule has 9 heteroatoms. The zero-order valence-electron chi connectivity index (χ0n) is 9.94. The average Bonchev–Trinajstić information content (AvgIpc) is 2.31. The van der Waals surface area contributed by atoms with Crippen molar-refractivity contribution in [1.29, 1.82) is 0 Å². The third-order valence-corrected chi connectivity index (χ3v) is 2.77. The van der Waals surface area contributed by atoms with E-state index in [-0.39, 0.29) is 17.4 Å². The number of H-pyrrole nitrogens is 1. The Balaban J connectivity index is 2.53. The molecule has 1 heterocycles. The lowest BCUT2D eigenvalue weighted by atomic mass is 10.3. The van der Waals surface area contributed by atoms with Crippen LogP contribution in [0.5, 0.6) is 0 Å². The number of halogens is 1. The number of nitrogens with two attached hydrogens (primary N) is 1. The van der Waals surface area contributed by atoms with Crippen molar-refractivity contribution in [3.05, 3.63) is 31.5 Å². The fourth-order valence-electron chi connectivity index (χ4n) is 1.30. The Bertz CT molecular complexity index is 592. The highest BCUT2D eigenvalue weighted by Crippen LogP contribution is 1.97. The van der Waals surface area contributed by atoms with Gasteiger partial charge in [0.05, 0.1) is 4.47 Å². The first-order chi connectivity index (χ1) is 8.90. The zero-order chi connectivity index (χ0) is 14.4. The Labute approximate surface area is 116 Å². The predicted molar refractivity (Wildman–Crippen MR) is 70.5 cm³/mol. The summed E-state index contributed by atoms with van der Waals surface area (Å²) in [5.41, 5.74) is 3.73. The molecular formula is C10H13BrN4O4. The topological polar surface area (TPSA) is 127 Å². The summed E-state index contributed by atoms with van der Waals surface area (Å²) in [6.07, 6.45) is 1.86. The second-order valence-electron chi connectivity index (χ2n) is 3.78. The van der Waals surface area contributed by atoms with Gasteiger partial charge in [-0.05, 0) is 22.4 Å². The second-order valence-corrected chi connectivity index (χ2v) is 4.64. The van der Waals surface area contributed by atoms with E-state index < -0.39 is 23.1 Å². The summed E-state index contributed by atoms with van der Waals surface area (Å²) < 4.78 is 1.23. The van der Waals surface area contributed by atoms with Gasteiger partial charge in [-0.25, -0.2) is 4.79 Å². The van der Waals surface area contributed by atoms with Crippen LogP contribution < -0.4 is 22.3 Å². The van der Waals surface area contributed by atoms with E-state index in [9.17, 15) is 19.2 Å². The third kappa shape index (κ3) is 5.08. The van der Waals surface area contributed by atoms with Crippen LogP contribution in [0.1, 0.15) is 12.8 Å². The SMILES string of the molecule is NC(=O)CCCNC(=O)Cn1cc(Br)c(=O)[nH]c1=O. The van der Waals surface area contributed by atoms with E-state index in [2.05, 4.69) is 26.2 Å². The number of primary amides is 1. The minimum absolute atomic E-state index is 0.161. The van der Waals surface area contributed by atoms with Crippen LogP contribution in [-0.2, 0) is 16.1 Å². The lowest BCUT2D eigenvalue weighted by Gasteiger charge is -2.06. The minimum Gasteiger partial charge on any atom is -0.370 e. The van der Waals surface area contributed by atoms with Gasteiger partial charge in [0.2, 0.25) is 11.8 Å². The normalized spacial score (nSPS) is 10.2. The van der Waals surface area contributed by atoms with Gasteiger partial charge in [0.25, 0.3) is 5.56 Å². The maximum Gasteiger partial charge on any atom is 0.328 e. The molecule has 104 valence electrons. The molecule has 0 aromatic carbocycles. The van der Waals surface area contributed by atoms with Crippen LogP contribution in [0.4, 0.5) is 0 Å². The predicted octanol–water partition coefficient (Wildman–Crippen LogP) is -1.32. The van der Waals surface area contributed by atoms with E-state index in [0.29, 0.717) is 13.0 Å². The van der Waals surface area contributed by atoms with Gasteiger partial charge in [-0.15, -0.1) is 0 Å². The van der Waals surface area contributed by atoms with Crippen molar-refractivity contribution in [3.63, 3.8) is 0 Å². The molecule has 0 aliphatic heterocycles. The van der Waals surface area contributed by atoms with Crippen molar-refractivity contribution in [2.45, 2.75) is 19.4 Å². The van der Waals surface area contributed by atoms with Crippen LogP contribution in [0, 0.1) is 0 Å². The summed E-state index contributed by atoms with van der Waals surface area (Å²) in [7, 11) is 0. The summed E-state index contributed by atoms with van der Waals surface area (Å²) in [6, 6.07) is 0. The summed E-state index contributed by atoms with van der Waals surface area (Å²) in [5, 5.41) is 2.53. The molecule has 0 aliphatic carbocycles. The van der Waals surface area contributed by atoms with Crippen molar-refractivity contribution in [2.75, 3.05) is 6.54 Å².